The molecule has 0 fully saturated rings. The van der Waals surface area contributed by atoms with Crippen LogP contribution in [0.25, 0.3) is 0 Å². The fraction of sp³-hybridized carbons (Fsp3) is 0.500. The van der Waals surface area contributed by atoms with Gasteiger partial charge in [-0.25, -0.2) is 8.42 Å². The minimum absolute atomic E-state index is 0.0626. The van der Waals surface area contributed by atoms with Crippen LogP contribution in [0.2, 0.25) is 0 Å². The SMILES string of the molecule is CNC(C)C(C)c1ccc(S(=O)(=O)C(F)(F)F)cc1. The van der Waals surface area contributed by atoms with Crippen LogP contribution >= 0.6 is 0 Å². The molecule has 0 aliphatic rings. The van der Waals surface area contributed by atoms with E-state index in [1.54, 1.807) is 7.05 Å². The molecule has 0 aromatic heterocycles. The molecule has 19 heavy (non-hydrogen) atoms. The summed E-state index contributed by atoms with van der Waals surface area (Å²) in [4.78, 5) is -0.729. The Bertz CT molecular complexity index is 523. The lowest BCUT2D eigenvalue weighted by Gasteiger charge is -2.20. The van der Waals surface area contributed by atoms with Gasteiger partial charge in [-0.1, -0.05) is 19.1 Å². The summed E-state index contributed by atoms with van der Waals surface area (Å²) < 4.78 is 59.5. The van der Waals surface area contributed by atoms with Crippen molar-refractivity contribution in [2.75, 3.05) is 7.05 Å². The maximum Gasteiger partial charge on any atom is 0.501 e. The number of alkyl halides is 3. The summed E-state index contributed by atoms with van der Waals surface area (Å²) in [6.07, 6.45) is 0. The molecule has 0 heterocycles. The second-order valence-corrected chi connectivity index (χ2v) is 6.33. The van der Waals surface area contributed by atoms with E-state index in [9.17, 15) is 21.6 Å². The smallest absolute Gasteiger partial charge is 0.317 e. The Morgan fingerprint density at radius 1 is 1.11 bits per heavy atom. The van der Waals surface area contributed by atoms with Crippen LogP contribution in [0.5, 0.6) is 0 Å². The van der Waals surface area contributed by atoms with Gasteiger partial charge in [0.05, 0.1) is 4.90 Å². The number of rotatable bonds is 4. The molecule has 0 bridgehead atoms. The van der Waals surface area contributed by atoms with Gasteiger partial charge in [-0.2, -0.15) is 13.2 Å². The summed E-state index contributed by atoms with van der Waals surface area (Å²) in [5, 5.41) is 3.03. The number of hydrogen-bond donors (Lipinski definition) is 1. The Morgan fingerprint density at radius 3 is 1.95 bits per heavy atom. The maximum absolute atomic E-state index is 12.4. The van der Waals surface area contributed by atoms with Crippen LogP contribution in [0.1, 0.15) is 25.3 Å². The van der Waals surface area contributed by atoms with E-state index in [0.29, 0.717) is 0 Å². The lowest BCUT2D eigenvalue weighted by molar-refractivity contribution is -0.0436. The zero-order valence-corrected chi connectivity index (χ0v) is 11.6. The second-order valence-electron chi connectivity index (χ2n) is 4.38. The first-order valence-electron chi connectivity index (χ1n) is 5.70. The molecule has 0 aliphatic heterocycles. The Labute approximate surface area is 110 Å². The van der Waals surface area contributed by atoms with Crippen LogP contribution in [0.4, 0.5) is 13.2 Å². The predicted octanol–water partition coefficient (Wildman–Crippen LogP) is 2.69. The lowest BCUT2D eigenvalue weighted by Crippen LogP contribution is -2.27. The first-order valence-corrected chi connectivity index (χ1v) is 7.18. The molecule has 1 aromatic rings. The Hall–Kier alpha value is -1.08. The molecular weight excluding hydrogens is 279 g/mol. The van der Waals surface area contributed by atoms with Gasteiger partial charge in [-0.15, -0.1) is 0 Å². The van der Waals surface area contributed by atoms with Crippen LogP contribution < -0.4 is 5.32 Å². The van der Waals surface area contributed by atoms with E-state index in [1.165, 1.54) is 12.1 Å². The molecule has 2 atom stereocenters. The van der Waals surface area contributed by atoms with E-state index in [1.807, 2.05) is 13.8 Å². The highest BCUT2D eigenvalue weighted by molar-refractivity contribution is 7.92. The second kappa shape index (κ2) is 5.50. The molecule has 0 saturated carbocycles. The molecule has 1 rings (SSSR count). The van der Waals surface area contributed by atoms with Crippen LogP contribution in [0.15, 0.2) is 29.2 Å². The van der Waals surface area contributed by atoms with Gasteiger partial charge < -0.3 is 5.32 Å². The van der Waals surface area contributed by atoms with Crippen molar-refractivity contribution in [1.82, 2.24) is 5.32 Å². The van der Waals surface area contributed by atoms with Gasteiger partial charge in [0, 0.05) is 6.04 Å². The number of halogens is 3. The van der Waals surface area contributed by atoms with Crippen molar-refractivity contribution in [2.24, 2.45) is 0 Å². The molecule has 1 aromatic carbocycles. The molecule has 7 heteroatoms. The number of hydrogen-bond acceptors (Lipinski definition) is 3. The number of sulfone groups is 1. The van der Waals surface area contributed by atoms with Crippen molar-refractivity contribution in [1.29, 1.82) is 0 Å². The summed E-state index contributed by atoms with van der Waals surface area (Å²) in [6, 6.07) is 4.95. The van der Waals surface area contributed by atoms with Crippen molar-refractivity contribution in [3.8, 4) is 0 Å². The summed E-state index contributed by atoms with van der Waals surface area (Å²) in [7, 11) is -3.48. The molecule has 108 valence electrons. The molecule has 0 saturated heterocycles. The van der Waals surface area contributed by atoms with Gasteiger partial charge in [0.1, 0.15) is 0 Å². The average molecular weight is 295 g/mol. The van der Waals surface area contributed by atoms with Gasteiger partial charge >= 0.3 is 5.51 Å². The largest absolute Gasteiger partial charge is 0.501 e. The third kappa shape index (κ3) is 3.27. The van der Waals surface area contributed by atoms with Crippen molar-refractivity contribution in [3.05, 3.63) is 29.8 Å². The highest BCUT2D eigenvalue weighted by Gasteiger charge is 2.46. The normalized spacial score (nSPS) is 16.1. The summed E-state index contributed by atoms with van der Waals surface area (Å²) in [6.45, 7) is 3.85. The molecular formula is C12H16F3NO2S. The number of benzene rings is 1. The maximum atomic E-state index is 12.4. The van der Waals surface area contributed by atoms with Crippen molar-refractivity contribution in [3.63, 3.8) is 0 Å². The fourth-order valence-electron chi connectivity index (χ4n) is 1.62. The molecule has 0 radical (unpaired) electrons. The highest BCUT2D eigenvalue weighted by Crippen LogP contribution is 2.31. The molecule has 0 amide bonds. The summed E-state index contributed by atoms with van der Waals surface area (Å²) >= 11 is 0. The van der Waals surface area contributed by atoms with Crippen LogP contribution in [-0.2, 0) is 9.84 Å². The minimum Gasteiger partial charge on any atom is -0.317 e. The van der Waals surface area contributed by atoms with E-state index in [2.05, 4.69) is 5.32 Å². The molecule has 1 N–H and O–H groups in total. The van der Waals surface area contributed by atoms with E-state index in [0.717, 1.165) is 17.7 Å². The third-order valence-electron chi connectivity index (χ3n) is 3.23. The Kier molecular flexibility index (Phi) is 4.63. The number of nitrogens with one attached hydrogen (secondary N) is 1. The third-order valence-corrected chi connectivity index (χ3v) is 4.73. The first kappa shape index (κ1) is 16.0. The van der Waals surface area contributed by atoms with E-state index < -0.39 is 20.2 Å². The molecule has 0 spiro atoms. The van der Waals surface area contributed by atoms with E-state index in [4.69, 9.17) is 0 Å². The minimum atomic E-state index is -5.27. The lowest BCUT2D eigenvalue weighted by atomic mass is 9.95. The Morgan fingerprint density at radius 2 is 1.58 bits per heavy atom. The fourth-order valence-corrected chi connectivity index (χ4v) is 2.38. The zero-order valence-electron chi connectivity index (χ0n) is 10.8. The van der Waals surface area contributed by atoms with Crippen molar-refractivity contribution >= 4 is 9.84 Å². The molecule has 2 unspecified atom stereocenters. The van der Waals surface area contributed by atoms with Gasteiger partial charge in [0.15, 0.2) is 0 Å². The van der Waals surface area contributed by atoms with Gasteiger partial charge in [0.2, 0.25) is 0 Å². The predicted molar refractivity (Wildman–Crippen MR) is 66.6 cm³/mol. The van der Waals surface area contributed by atoms with Gasteiger partial charge in [-0.3, -0.25) is 0 Å². The quantitative estimate of drug-likeness (QED) is 0.929. The summed E-state index contributed by atoms with van der Waals surface area (Å²) in [5.74, 6) is 0.0626. The molecule has 3 nitrogen and oxygen atoms in total. The Balaban J connectivity index is 3.08. The van der Waals surface area contributed by atoms with E-state index >= 15 is 0 Å². The number of likely N-dealkylation sites (N-methyl/N-ethyl adjacent to an activating group) is 1. The van der Waals surface area contributed by atoms with Crippen LogP contribution in [0, 0.1) is 0 Å². The average Bonchev–Trinajstić information content (AvgIpc) is 2.35. The van der Waals surface area contributed by atoms with Gasteiger partial charge in [0.25, 0.3) is 9.84 Å². The molecule has 0 aliphatic carbocycles. The van der Waals surface area contributed by atoms with Crippen molar-refractivity contribution < 1.29 is 21.6 Å². The van der Waals surface area contributed by atoms with Crippen LogP contribution in [-0.4, -0.2) is 27.0 Å². The van der Waals surface area contributed by atoms with Crippen molar-refractivity contribution in [2.45, 2.75) is 36.2 Å². The highest BCUT2D eigenvalue weighted by atomic mass is 32.2. The summed E-state index contributed by atoms with van der Waals surface area (Å²) in [5.41, 5.74) is -4.48. The standard InChI is InChI=1S/C12H16F3NO2S/c1-8(9(2)16-3)10-4-6-11(7-5-10)19(17,18)12(13,14)15/h4-9,16H,1-3H3. The van der Waals surface area contributed by atoms with Crippen LogP contribution in [0.3, 0.4) is 0 Å². The zero-order chi connectivity index (χ0) is 14.8. The van der Waals surface area contributed by atoms with Gasteiger partial charge in [-0.05, 0) is 37.6 Å². The topological polar surface area (TPSA) is 46.2 Å². The monoisotopic (exact) mass is 295 g/mol. The first-order chi connectivity index (χ1) is 8.61. The van der Waals surface area contributed by atoms with E-state index in [-0.39, 0.29) is 12.0 Å².